The summed E-state index contributed by atoms with van der Waals surface area (Å²) in [5, 5.41) is 18.0. The molecule has 0 radical (unpaired) electrons. The molecule has 0 saturated carbocycles. The van der Waals surface area contributed by atoms with Gasteiger partial charge in [0.2, 0.25) is 0 Å². The Morgan fingerprint density at radius 1 is 1.47 bits per heavy atom. The molecule has 0 spiro atoms. The smallest absolute Gasteiger partial charge is 0.167 e. The Labute approximate surface area is 100 Å². The van der Waals surface area contributed by atoms with Crippen LogP contribution in [0.25, 0.3) is 0 Å². The quantitative estimate of drug-likeness (QED) is 0.783. The maximum Gasteiger partial charge on any atom is 0.167 e. The van der Waals surface area contributed by atoms with Crippen molar-refractivity contribution in [3.63, 3.8) is 0 Å². The molecule has 0 aliphatic heterocycles. The van der Waals surface area contributed by atoms with Crippen LogP contribution in [0.4, 0.5) is 10.1 Å². The highest BCUT2D eigenvalue weighted by Crippen LogP contribution is 2.23. The van der Waals surface area contributed by atoms with E-state index in [-0.39, 0.29) is 18.9 Å². The van der Waals surface area contributed by atoms with Gasteiger partial charge in [-0.25, -0.2) is 4.39 Å². The highest BCUT2D eigenvalue weighted by Gasteiger charge is 2.10. The van der Waals surface area contributed by atoms with Gasteiger partial charge < -0.3 is 19.8 Å². The van der Waals surface area contributed by atoms with Crippen molar-refractivity contribution in [1.29, 1.82) is 0 Å². The molecule has 0 amide bonds. The van der Waals surface area contributed by atoms with E-state index in [9.17, 15) is 9.50 Å². The monoisotopic (exact) mass is 243 g/mol. The molecule has 0 heterocycles. The third-order valence-corrected chi connectivity index (χ3v) is 2.35. The van der Waals surface area contributed by atoms with Gasteiger partial charge >= 0.3 is 0 Å². The van der Waals surface area contributed by atoms with Crippen LogP contribution in [0.15, 0.2) is 18.2 Å². The first-order chi connectivity index (χ1) is 8.08. The topological polar surface area (TPSA) is 52.9 Å². The summed E-state index contributed by atoms with van der Waals surface area (Å²) in [6, 6.07) is 4.60. The number of benzene rings is 1. The zero-order valence-corrected chi connectivity index (χ0v) is 10.1. The van der Waals surface area contributed by atoms with Gasteiger partial charge in [-0.15, -0.1) is 0 Å². The average Bonchev–Trinajstić information content (AvgIpc) is 2.31. The number of hydrogen-bond acceptors (Lipinski definition) is 4. The molecule has 2 N–H and O–H groups in total. The number of halogens is 1. The fourth-order valence-corrected chi connectivity index (χ4v) is 1.48. The summed E-state index contributed by atoms with van der Waals surface area (Å²) in [6.45, 7) is 2.13. The van der Waals surface area contributed by atoms with Crippen LogP contribution in [0.2, 0.25) is 0 Å². The molecule has 0 fully saturated rings. The molecule has 0 aliphatic carbocycles. The third kappa shape index (κ3) is 3.87. The molecule has 0 bridgehead atoms. The van der Waals surface area contributed by atoms with E-state index in [4.69, 9.17) is 9.84 Å². The van der Waals surface area contributed by atoms with Crippen LogP contribution in [0.3, 0.4) is 0 Å². The SMILES string of the molecule is CCOc1ccc(N(C)CC(O)CO)cc1F. The molecule has 4 nitrogen and oxygen atoms in total. The van der Waals surface area contributed by atoms with Crippen LogP contribution >= 0.6 is 0 Å². The van der Waals surface area contributed by atoms with E-state index >= 15 is 0 Å². The van der Waals surface area contributed by atoms with E-state index in [1.54, 1.807) is 31.0 Å². The maximum absolute atomic E-state index is 13.6. The minimum Gasteiger partial charge on any atom is -0.491 e. The van der Waals surface area contributed by atoms with Crippen molar-refractivity contribution in [2.45, 2.75) is 13.0 Å². The second-order valence-corrected chi connectivity index (χ2v) is 3.76. The summed E-state index contributed by atoms with van der Waals surface area (Å²) in [5.74, 6) is -0.220. The number of hydrogen-bond donors (Lipinski definition) is 2. The molecule has 5 heteroatoms. The Bertz CT molecular complexity index is 360. The fraction of sp³-hybridized carbons (Fsp3) is 0.500. The zero-order chi connectivity index (χ0) is 12.8. The summed E-state index contributed by atoms with van der Waals surface area (Å²) in [5.41, 5.74) is 0.624. The van der Waals surface area contributed by atoms with Gasteiger partial charge in [-0.05, 0) is 19.1 Å². The highest BCUT2D eigenvalue weighted by atomic mass is 19.1. The predicted molar refractivity (Wildman–Crippen MR) is 63.9 cm³/mol. The molecule has 96 valence electrons. The van der Waals surface area contributed by atoms with Crippen molar-refractivity contribution in [1.82, 2.24) is 0 Å². The number of aliphatic hydroxyl groups is 2. The van der Waals surface area contributed by atoms with Gasteiger partial charge in [0.15, 0.2) is 11.6 Å². The largest absolute Gasteiger partial charge is 0.491 e. The van der Waals surface area contributed by atoms with Crippen molar-refractivity contribution in [2.75, 3.05) is 31.7 Å². The highest BCUT2D eigenvalue weighted by molar-refractivity contribution is 5.49. The van der Waals surface area contributed by atoms with Crippen LogP contribution in [0.5, 0.6) is 5.75 Å². The lowest BCUT2D eigenvalue weighted by atomic mass is 10.2. The molecule has 1 aromatic rings. The van der Waals surface area contributed by atoms with Crippen LogP contribution in [0.1, 0.15) is 6.92 Å². The number of anilines is 1. The van der Waals surface area contributed by atoms with Gasteiger partial charge in [0, 0.05) is 25.3 Å². The molecule has 0 aromatic heterocycles. The Morgan fingerprint density at radius 2 is 2.18 bits per heavy atom. The van der Waals surface area contributed by atoms with Crippen LogP contribution in [-0.4, -0.2) is 43.1 Å². The molecule has 1 aromatic carbocycles. The van der Waals surface area contributed by atoms with E-state index in [1.165, 1.54) is 6.07 Å². The van der Waals surface area contributed by atoms with E-state index < -0.39 is 11.9 Å². The van der Waals surface area contributed by atoms with E-state index in [2.05, 4.69) is 0 Å². The lowest BCUT2D eigenvalue weighted by molar-refractivity contribution is 0.101. The van der Waals surface area contributed by atoms with Gasteiger partial charge in [-0.1, -0.05) is 0 Å². The van der Waals surface area contributed by atoms with Gasteiger partial charge in [0.1, 0.15) is 0 Å². The van der Waals surface area contributed by atoms with Gasteiger partial charge in [0.25, 0.3) is 0 Å². The zero-order valence-electron chi connectivity index (χ0n) is 10.1. The number of aliphatic hydroxyl groups excluding tert-OH is 2. The van der Waals surface area contributed by atoms with E-state index in [0.717, 1.165) is 0 Å². The molecule has 0 aliphatic rings. The molecule has 1 rings (SSSR count). The fourth-order valence-electron chi connectivity index (χ4n) is 1.48. The Hall–Kier alpha value is -1.33. The Balaban J connectivity index is 2.75. The lowest BCUT2D eigenvalue weighted by Gasteiger charge is -2.22. The number of ether oxygens (including phenoxy) is 1. The molecule has 17 heavy (non-hydrogen) atoms. The third-order valence-electron chi connectivity index (χ3n) is 2.35. The predicted octanol–water partition coefficient (Wildman–Crippen LogP) is 1.01. The van der Waals surface area contributed by atoms with E-state index in [0.29, 0.717) is 12.3 Å². The van der Waals surface area contributed by atoms with Crippen molar-refractivity contribution in [3.05, 3.63) is 24.0 Å². The van der Waals surface area contributed by atoms with Crippen molar-refractivity contribution in [3.8, 4) is 5.75 Å². The second-order valence-electron chi connectivity index (χ2n) is 3.76. The van der Waals surface area contributed by atoms with E-state index in [1.807, 2.05) is 0 Å². The van der Waals surface area contributed by atoms with Crippen LogP contribution in [0, 0.1) is 5.82 Å². The first-order valence-electron chi connectivity index (χ1n) is 5.50. The second kappa shape index (κ2) is 6.42. The first kappa shape index (κ1) is 13.7. The minimum atomic E-state index is -0.838. The van der Waals surface area contributed by atoms with Crippen LogP contribution in [-0.2, 0) is 0 Å². The summed E-state index contributed by atoms with van der Waals surface area (Å²) >= 11 is 0. The van der Waals surface area contributed by atoms with Gasteiger partial charge in [-0.2, -0.15) is 0 Å². The number of rotatable bonds is 6. The van der Waals surface area contributed by atoms with Gasteiger partial charge in [0.05, 0.1) is 19.3 Å². The molecule has 1 unspecified atom stereocenters. The average molecular weight is 243 g/mol. The summed E-state index contributed by atoms with van der Waals surface area (Å²) in [4.78, 5) is 1.67. The normalized spacial score (nSPS) is 12.3. The minimum absolute atomic E-state index is 0.215. The van der Waals surface area contributed by atoms with Crippen LogP contribution < -0.4 is 9.64 Å². The van der Waals surface area contributed by atoms with Crippen molar-refractivity contribution >= 4 is 5.69 Å². The number of likely N-dealkylation sites (N-methyl/N-ethyl adjacent to an activating group) is 1. The number of nitrogens with zero attached hydrogens (tertiary/aromatic N) is 1. The van der Waals surface area contributed by atoms with Crippen molar-refractivity contribution < 1.29 is 19.3 Å². The maximum atomic E-state index is 13.6. The lowest BCUT2D eigenvalue weighted by Crippen LogP contribution is -2.31. The van der Waals surface area contributed by atoms with Crippen molar-refractivity contribution in [2.24, 2.45) is 0 Å². The summed E-state index contributed by atoms with van der Waals surface area (Å²) < 4.78 is 18.6. The summed E-state index contributed by atoms with van der Waals surface area (Å²) in [7, 11) is 1.72. The molecular formula is C12H18FNO3. The molecule has 0 saturated heterocycles. The first-order valence-corrected chi connectivity index (χ1v) is 5.50. The molecule has 1 atom stereocenters. The van der Waals surface area contributed by atoms with Gasteiger partial charge in [-0.3, -0.25) is 0 Å². The standard InChI is InChI=1S/C12H18FNO3/c1-3-17-12-5-4-9(6-11(12)13)14(2)7-10(16)8-15/h4-6,10,15-16H,3,7-8H2,1-2H3. The Morgan fingerprint density at radius 3 is 2.71 bits per heavy atom. The Kier molecular flexibility index (Phi) is 5.18. The summed E-state index contributed by atoms with van der Waals surface area (Å²) in [6.07, 6.45) is -0.838. The molecular weight excluding hydrogens is 225 g/mol.